The molecule has 7 nitrogen and oxygen atoms in total. The van der Waals surface area contributed by atoms with E-state index in [1.165, 1.54) is 18.3 Å². The Labute approximate surface area is 161 Å². The second kappa shape index (κ2) is 7.04. The number of nitro benzene ring substituents is 1. The Bertz CT molecular complexity index is 1150. The number of carbonyl (C=O) groups is 2. The molecule has 3 aromatic rings. The van der Waals surface area contributed by atoms with Crippen LogP contribution < -0.4 is 0 Å². The van der Waals surface area contributed by atoms with E-state index in [9.17, 15) is 32.9 Å². The molecule has 1 aromatic carbocycles. The number of rotatable bonds is 4. The van der Waals surface area contributed by atoms with E-state index >= 15 is 0 Å². The lowest BCUT2D eigenvalue weighted by atomic mass is 10.0. The number of ketones is 1. The summed E-state index contributed by atoms with van der Waals surface area (Å²) in [7, 11) is 0.944. The van der Waals surface area contributed by atoms with Crippen molar-refractivity contribution < 1.29 is 32.4 Å². The van der Waals surface area contributed by atoms with Crippen molar-refractivity contribution in [3.63, 3.8) is 0 Å². The topological polar surface area (TPSA) is 90.9 Å². The van der Waals surface area contributed by atoms with Crippen molar-refractivity contribution in [2.24, 2.45) is 0 Å². The van der Waals surface area contributed by atoms with Crippen molar-refractivity contribution >= 4 is 23.0 Å². The zero-order valence-corrected chi connectivity index (χ0v) is 15.1. The molecule has 29 heavy (non-hydrogen) atoms. The number of benzene rings is 1. The molecule has 2 aromatic heterocycles. The van der Waals surface area contributed by atoms with Gasteiger partial charge in [-0.05, 0) is 36.8 Å². The van der Waals surface area contributed by atoms with E-state index < -0.39 is 39.7 Å². The van der Waals surface area contributed by atoms with Crippen LogP contribution in [-0.4, -0.2) is 28.2 Å². The summed E-state index contributed by atoms with van der Waals surface area (Å²) in [4.78, 5) is 35.2. The zero-order valence-electron chi connectivity index (χ0n) is 15.1. The second-order valence-electron chi connectivity index (χ2n) is 6.18. The molecule has 0 atom stereocenters. The smallest absolute Gasteiger partial charge is 0.419 e. The lowest BCUT2D eigenvalue weighted by Crippen LogP contribution is -2.17. The third-order valence-electron chi connectivity index (χ3n) is 4.32. The Hall–Kier alpha value is -3.69. The van der Waals surface area contributed by atoms with Gasteiger partial charge in [-0.3, -0.25) is 14.9 Å². The number of hydrogen-bond acceptors (Lipinski definition) is 5. The Morgan fingerprint density at radius 3 is 2.28 bits per heavy atom. The van der Waals surface area contributed by atoms with Gasteiger partial charge in [-0.1, -0.05) is 0 Å². The number of pyridine rings is 1. The highest BCUT2D eigenvalue weighted by atomic mass is 19.4. The van der Waals surface area contributed by atoms with E-state index in [-0.39, 0.29) is 16.8 Å². The molecule has 0 spiro atoms. The van der Waals surface area contributed by atoms with Crippen LogP contribution in [0.2, 0.25) is 0 Å². The van der Waals surface area contributed by atoms with Gasteiger partial charge in [-0.2, -0.15) is 13.2 Å². The number of non-ortho nitro benzene ring substituents is 1. The fraction of sp³-hybridized carbons (Fsp3) is 0.158. The standard InChI is InChI=1S/C19H13F3N2O5/c1-10-7-8-23-13(9-10)14(18(26)29-2)15(19(20,21)22)16(23)17(25)11-3-5-12(6-4-11)24(27)28/h3-9H,1-2H3. The van der Waals surface area contributed by atoms with Gasteiger partial charge in [0.2, 0.25) is 5.78 Å². The maximum absolute atomic E-state index is 13.9. The molecule has 0 fully saturated rings. The lowest BCUT2D eigenvalue weighted by molar-refractivity contribution is -0.384. The minimum atomic E-state index is -5.03. The van der Waals surface area contributed by atoms with Crippen molar-refractivity contribution in [2.75, 3.05) is 7.11 Å². The first-order chi connectivity index (χ1) is 13.6. The molecule has 0 bridgehead atoms. The first kappa shape index (κ1) is 20.1. The number of carbonyl (C=O) groups excluding carboxylic acids is 2. The SMILES string of the molecule is COC(=O)c1c(C(F)(F)F)c(C(=O)c2ccc([N+](=O)[O-])cc2)n2ccc(C)cc12. The fourth-order valence-electron chi connectivity index (χ4n) is 3.04. The molecule has 0 aliphatic carbocycles. The molecule has 2 heterocycles. The number of alkyl halides is 3. The monoisotopic (exact) mass is 406 g/mol. The number of aromatic nitrogens is 1. The van der Waals surface area contributed by atoms with Crippen molar-refractivity contribution in [3.8, 4) is 0 Å². The summed E-state index contributed by atoms with van der Waals surface area (Å²) < 4.78 is 47.3. The van der Waals surface area contributed by atoms with Crippen molar-refractivity contribution in [3.05, 3.63) is 80.7 Å². The van der Waals surface area contributed by atoms with Crippen LogP contribution in [0.1, 0.15) is 37.5 Å². The Morgan fingerprint density at radius 1 is 1.14 bits per heavy atom. The van der Waals surface area contributed by atoms with Crippen LogP contribution in [0.3, 0.4) is 0 Å². The molecule has 3 rings (SSSR count). The largest absolute Gasteiger partial charge is 0.465 e. The zero-order chi connectivity index (χ0) is 21.5. The van der Waals surface area contributed by atoms with Gasteiger partial charge < -0.3 is 9.14 Å². The van der Waals surface area contributed by atoms with Gasteiger partial charge in [0.1, 0.15) is 11.3 Å². The summed E-state index contributed by atoms with van der Waals surface area (Å²) in [6.45, 7) is 1.62. The first-order valence-corrected chi connectivity index (χ1v) is 8.15. The van der Waals surface area contributed by atoms with Crippen LogP contribution in [0.25, 0.3) is 5.52 Å². The molecule has 0 radical (unpaired) electrons. The Morgan fingerprint density at radius 2 is 1.76 bits per heavy atom. The molecule has 0 unspecified atom stereocenters. The van der Waals surface area contributed by atoms with Gasteiger partial charge in [0, 0.05) is 23.9 Å². The van der Waals surface area contributed by atoms with Crippen LogP contribution in [0.15, 0.2) is 42.6 Å². The molecule has 0 amide bonds. The molecule has 150 valence electrons. The number of ether oxygens (including phenoxy) is 1. The minimum absolute atomic E-state index is 0.130. The predicted molar refractivity (Wildman–Crippen MR) is 95.0 cm³/mol. The second-order valence-corrected chi connectivity index (χ2v) is 6.18. The molecular weight excluding hydrogens is 393 g/mol. The molecular formula is C19H13F3N2O5. The molecule has 10 heteroatoms. The fourth-order valence-corrected chi connectivity index (χ4v) is 3.04. The average Bonchev–Trinajstić information content (AvgIpc) is 3.01. The van der Waals surface area contributed by atoms with E-state index in [0.717, 1.165) is 35.8 Å². The third kappa shape index (κ3) is 3.44. The highest BCUT2D eigenvalue weighted by molar-refractivity contribution is 6.13. The average molecular weight is 406 g/mol. The number of hydrogen-bond donors (Lipinski definition) is 0. The molecule has 0 saturated heterocycles. The Kier molecular flexibility index (Phi) is 4.87. The minimum Gasteiger partial charge on any atom is -0.465 e. The maximum atomic E-state index is 13.9. The summed E-state index contributed by atoms with van der Waals surface area (Å²) in [6.07, 6.45) is -3.78. The maximum Gasteiger partial charge on any atom is 0.419 e. The van der Waals surface area contributed by atoms with Gasteiger partial charge in [-0.25, -0.2) is 4.79 Å². The van der Waals surface area contributed by atoms with Gasteiger partial charge >= 0.3 is 12.1 Å². The number of nitro groups is 1. The van der Waals surface area contributed by atoms with Crippen LogP contribution >= 0.6 is 0 Å². The number of halogens is 3. The van der Waals surface area contributed by atoms with E-state index in [0.29, 0.717) is 5.56 Å². The van der Waals surface area contributed by atoms with E-state index in [2.05, 4.69) is 4.74 Å². The lowest BCUT2D eigenvalue weighted by Gasteiger charge is -2.10. The van der Waals surface area contributed by atoms with Crippen molar-refractivity contribution in [1.29, 1.82) is 0 Å². The van der Waals surface area contributed by atoms with E-state index in [4.69, 9.17) is 0 Å². The molecule has 0 saturated carbocycles. The van der Waals surface area contributed by atoms with Crippen LogP contribution in [-0.2, 0) is 10.9 Å². The summed E-state index contributed by atoms with van der Waals surface area (Å²) in [5, 5.41) is 10.8. The summed E-state index contributed by atoms with van der Waals surface area (Å²) >= 11 is 0. The van der Waals surface area contributed by atoms with E-state index in [1.807, 2.05) is 0 Å². The van der Waals surface area contributed by atoms with Crippen molar-refractivity contribution in [1.82, 2.24) is 4.40 Å². The van der Waals surface area contributed by atoms with Crippen LogP contribution in [0.4, 0.5) is 18.9 Å². The first-order valence-electron chi connectivity index (χ1n) is 8.15. The van der Waals surface area contributed by atoms with Crippen LogP contribution in [0.5, 0.6) is 0 Å². The number of aryl methyl sites for hydroxylation is 1. The highest BCUT2D eigenvalue weighted by Crippen LogP contribution is 2.39. The quantitative estimate of drug-likeness (QED) is 0.280. The van der Waals surface area contributed by atoms with Gasteiger partial charge in [0.05, 0.1) is 23.1 Å². The number of fused-ring (bicyclic) bond motifs is 1. The summed E-state index contributed by atoms with van der Waals surface area (Å²) in [6, 6.07) is 6.98. The Balaban J connectivity index is 2.35. The van der Waals surface area contributed by atoms with Gasteiger partial charge in [0.15, 0.2) is 0 Å². The summed E-state index contributed by atoms with van der Waals surface area (Å²) in [5.74, 6) is -2.27. The van der Waals surface area contributed by atoms with E-state index in [1.54, 1.807) is 6.92 Å². The van der Waals surface area contributed by atoms with Crippen molar-refractivity contribution in [2.45, 2.75) is 13.1 Å². The predicted octanol–water partition coefficient (Wildman–Crippen LogP) is 4.19. The third-order valence-corrected chi connectivity index (χ3v) is 4.32. The molecule has 0 aliphatic heterocycles. The summed E-state index contributed by atoms with van der Waals surface area (Å²) in [5.41, 5.74) is -3.03. The molecule has 0 aliphatic rings. The highest BCUT2D eigenvalue weighted by Gasteiger charge is 2.44. The number of nitrogens with zero attached hydrogens (tertiary/aromatic N) is 2. The normalized spacial score (nSPS) is 11.5. The van der Waals surface area contributed by atoms with Crippen LogP contribution in [0, 0.1) is 17.0 Å². The van der Waals surface area contributed by atoms with Gasteiger partial charge in [-0.15, -0.1) is 0 Å². The molecule has 0 N–H and O–H groups in total. The number of methoxy groups -OCH3 is 1. The van der Waals surface area contributed by atoms with Gasteiger partial charge in [0.25, 0.3) is 5.69 Å². The number of esters is 1.